The molecular weight excluding hydrogens is 536 g/mol. The van der Waals surface area contributed by atoms with Gasteiger partial charge in [0, 0.05) is 25.7 Å². The number of phenols is 1. The van der Waals surface area contributed by atoms with Crippen molar-refractivity contribution in [3.05, 3.63) is 67.6 Å². The number of halogens is 3. The van der Waals surface area contributed by atoms with Crippen molar-refractivity contribution in [1.82, 2.24) is 4.98 Å². The van der Waals surface area contributed by atoms with Crippen LogP contribution < -0.4 is 4.74 Å². The van der Waals surface area contributed by atoms with E-state index in [0.717, 1.165) is 21.3 Å². The number of hydrogen-bond acceptors (Lipinski definition) is 5. The Hall–Kier alpha value is -2.35. The molecule has 0 saturated heterocycles. The van der Waals surface area contributed by atoms with E-state index in [-0.39, 0.29) is 5.75 Å². The highest BCUT2D eigenvalue weighted by atomic mass is 79.9. The van der Waals surface area contributed by atoms with Crippen LogP contribution in [0.3, 0.4) is 0 Å². The third-order valence-corrected chi connectivity index (χ3v) is 6.80. The molecule has 0 aliphatic heterocycles. The number of phenolic OH excluding ortho intramolecular Hbond substituents is 1. The smallest absolute Gasteiger partial charge is 0.227 e. The summed E-state index contributed by atoms with van der Waals surface area (Å²) in [5.74, 6) is 0.833. The topological polar surface area (TPSA) is 67.9 Å². The lowest BCUT2D eigenvalue weighted by molar-refractivity contribution is 0.372. The lowest BCUT2D eigenvalue weighted by Gasteiger charge is -2.10. The molecule has 1 heterocycles. The summed E-state index contributed by atoms with van der Waals surface area (Å²) in [6.07, 6.45) is 1.59. The first-order valence-corrected chi connectivity index (χ1v) is 10.8. The van der Waals surface area contributed by atoms with Crippen LogP contribution in [0.1, 0.15) is 11.1 Å². The molecule has 1 aromatic heterocycles. The number of ether oxygens (including phenoxy) is 1. The van der Waals surface area contributed by atoms with Crippen molar-refractivity contribution < 1.29 is 14.3 Å². The predicted octanol–water partition coefficient (Wildman–Crippen LogP) is 7.45. The molecule has 4 rings (SSSR count). The number of hydrogen-bond donors (Lipinski definition) is 1. The van der Waals surface area contributed by atoms with Gasteiger partial charge in [0.1, 0.15) is 5.52 Å². The minimum Gasteiger partial charge on any atom is -0.504 e. The van der Waals surface area contributed by atoms with Gasteiger partial charge in [0.15, 0.2) is 17.1 Å². The first-order chi connectivity index (χ1) is 14.4. The number of methoxy groups -OCH3 is 1. The Kier molecular flexibility index (Phi) is 5.86. The number of aliphatic imine (C=N–C) groups is 1. The standard InChI is InChI=1S/C22H15Br2ClN2O3/c1-11-3-4-12(22-27-17-8-13(25)5-6-18(17)30-22)7-16(11)26-10-14-20(24)15(23)9-19(29-2)21(14)28/h3-10,28H,1-2H3. The second kappa shape index (κ2) is 8.41. The molecule has 3 aromatic carbocycles. The highest BCUT2D eigenvalue weighted by molar-refractivity contribution is 9.13. The normalized spacial score (nSPS) is 11.5. The van der Waals surface area contributed by atoms with Crippen LogP contribution >= 0.6 is 43.5 Å². The zero-order chi connectivity index (χ0) is 21.4. The lowest BCUT2D eigenvalue weighted by atomic mass is 10.1. The van der Waals surface area contributed by atoms with E-state index >= 15 is 0 Å². The summed E-state index contributed by atoms with van der Waals surface area (Å²) in [6, 6.07) is 12.8. The summed E-state index contributed by atoms with van der Waals surface area (Å²) in [5, 5.41) is 11.1. The maximum absolute atomic E-state index is 10.5. The van der Waals surface area contributed by atoms with Gasteiger partial charge >= 0.3 is 0 Å². The van der Waals surface area contributed by atoms with Crippen molar-refractivity contribution in [3.63, 3.8) is 0 Å². The fourth-order valence-electron chi connectivity index (χ4n) is 2.93. The van der Waals surface area contributed by atoms with Crippen molar-refractivity contribution in [2.75, 3.05) is 7.11 Å². The van der Waals surface area contributed by atoms with Crippen LogP contribution in [0.5, 0.6) is 11.5 Å². The minimum absolute atomic E-state index is 0.000891. The van der Waals surface area contributed by atoms with Gasteiger partial charge in [-0.2, -0.15) is 0 Å². The number of oxazole rings is 1. The molecule has 0 amide bonds. The SMILES string of the molecule is COc1cc(Br)c(Br)c(C=Nc2cc(-c3nc4cc(Cl)ccc4o3)ccc2C)c1O. The molecule has 30 heavy (non-hydrogen) atoms. The Morgan fingerprint density at radius 1 is 1.17 bits per heavy atom. The van der Waals surface area contributed by atoms with Gasteiger partial charge in [-0.15, -0.1) is 0 Å². The Morgan fingerprint density at radius 3 is 2.73 bits per heavy atom. The van der Waals surface area contributed by atoms with E-state index in [2.05, 4.69) is 41.8 Å². The van der Waals surface area contributed by atoms with Gasteiger partial charge in [-0.3, -0.25) is 4.99 Å². The Bertz CT molecular complexity index is 1300. The lowest BCUT2D eigenvalue weighted by Crippen LogP contribution is -1.92. The van der Waals surface area contributed by atoms with Crippen LogP contribution in [0.2, 0.25) is 5.02 Å². The molecule has 0 unspecified atom stereocenters. The van der Waals surface area contributed by atoms with Crippen LogP contribution in [0.4, 0.5) is 5.69 Å². The summed E-state index contributed by atoms with van der Waals surface area (Å²) in [7, 11) is 1.50. The van der Waals surface area contributed by atoms with Crippen molar-refractivity contribution in [3.8, 4) is 23.0 Å². The van der Waals surface area contributed by atoms with E-state index in [4.69, 9.17) is 20.8 Å². The second-order valence-corrected chi connectivity index (χ2v) is 8.61. The van der Waals surface area contributed by atoms with Gasteiger partial charge in [-0.25, -0.2) is 4.98 Å². The van der Waals surface area contributed by atoms with E-state index in [1.165, 1.54) is 7.11 Å². The van der Waals surface area contributed by atoms with Gasteiger partial charge in [0.05, 0.1) is 18.4 Å². The van der Waals surface area contributed by atoms with E-state index in [1.54, 1.807) is 30.5 Å². The van der Waals surface area contributed by atoms with Gasteiger partial charge in [0.2, 0.25) is 5.89 Å². The molecule has 4 aromatic rings. The van der Waals surface area contributed by atoms with Crippen molar-refractivity contribution in [2.45, 2.75) is 6.92 Å². The average molecular weight is 551 g/mol. The zero-order valence-electron chi connectivity index (χ0n) is 15.9. The molecule has 8 heteroatoms. The molecule has 0 aliphatic rings. The highest BCUT2D eigenvalue weighted by Gasteiger charge is 2.15. The predicted molar refractivity (Wildman–Crippen MR) is 127 cm³/mol. The first-order valence-electron chi connectivity index (χ1n) is 8.83. The summed E-state index contributed by atoms with van der Waals surface area (Å²) in [4.78, 5) is 9.11. The van der Waals surface area contributed by atoms with Gasteiger partial charge in [-0.05, 0) is 80.7 Å². The number of benzene rings is 3. The van der Waals surface area contributed by atoms with Crippen LogP contribution in [-0.2, 0) is 0 Å². The quantitative estimate of drug-likeness (QED) is 0.268. The van der Waals surface area contributed by atoms with Crippen LogP contribution in [0, 0.1) is 6.92 Å². The van der Waals surface area contributed by atoms with E-state index < -0.39 is 0 Å². The van der Waals surface area contributed by atoms with Gasteiger partial charge in [0.25, 0.3) is 0 Å². The molecule has 0 aliphatic carbocycles. The van der Waals surface area contributed by atoms with Gasteiger partial charge < -0.3 is 14.3 Å². The van der Waals surface area contributed by atoms with E-state index in [0.29, 0.717) is 37.8 Å². The van der Waals surface area contributed by atoms with E-state index in [9.17, 15) is 5.11 Å². The second-order valence-electron chi connectivity index (χ2n) is 6.53. The average Bonchev–Trinajstić information content (AvgIpc) is 3.15. The molecule has 0 spiro atoms. The molecule has 0 saturated carbocycles. The molecule has 152 valence electrons. The summed E-state index contributed by atoms with van der Waals surface area (Å²) >= 11 is 13.0. The number of rotatable bonds is 4. The fourth-order valence-corrected chi connectivity index (χ4v) is 3.92. The third-order valence-electron chi connectivity index (χ3n) is 4.55. The summed E-state index contributed by atoms with van der Waals surface area (Å²) < 4.78 is 12.5. The maximum Gasteiger partial charge on any atom is 0.227 e. The van der Waals surface area contributed by atoms with Gasteiger partial charge in [-0.1, -0.05) is 17.7 Å². The summed E-state index contributed by atoms with van der Waals surface area (Å²) in [6.45, 7) is 1.96. The zero-order valence-corrected chi connectivity index (χ0v) is 19.8. The number of nitrogens with zero attached hydrogens (tertiary/aromatic N) is 2. The Morgan fingerprint density at radius 2 is 1.97 bits per heavy atom. The minimum atomic E-state index is 0.000891. The molecule has 5 nitrogen and oxygen atoms in total. The molecule has 1 N–H and O–H groups in total. The Balaban J connectivity index is 1.75. The van der Waals surface area contributed by atoms with Crippen LogP contribution in [0.25, 0.3) is 22.6 Å². The number of fused-ring (bicyclic) bond motifs is 1. The molecule has 0 bridgehead atoms. The Labute approximate surface area is 194 Å². The van der Waals surface area contributed by atoms with Crippen molar-refractivity contribution in [1.29, 1.82) is 0 Å². The maximum atomic E-state index is 10.5. The molecular formula is C22H15Br2ClN2O3. The molecule has 0 fully saturated rings. The number of aromatic nitrogens is 1. The monoisotopic (exact) mass is 548 g/mol. The van der Waals surface area contributed by atoms with Crippen molar-refractivity contribution in [2.24, 2.45) is 4.99 Å². The number of aryl methyl sites for hydroxylation is 1. The van der Waals surface area contributed by atoms with Crippen LogP contribution in [-0.4, -0.2) is 23.4 Å². The largest absolute Gasteiger partial charge is 0.504 e. The highest BCUT2D eigenvalue weighted by Crippen LogP contribution is 2.40. The van der Waals surface area contributed by atoms with Crippen LogP contribution in [0.15, 0.2) is 60.8 Å². The number of aromatic hydroxyl groups is 1. The molecule has 0 radical (unpaired) electrons. The first kappa shape index (κ1) is 20.9. The van der Waals surface area contributed by atoms with E-state index in [1.807, 2.05) is 25.1 Å². The fraction of sp³-hybridized carbons (Fsp3) is 0.0909. The van der Waals surface area contributed by atoms with Crippen molar-refractivity contribution >= 4 is 66.5 Å². The molecule has 0 atom stereocenters. The third kappa shape index (κ3) is 3.97. The summed E-state index contributed by atoms with van der Waals surface area (Å²) in [5.41, 5.74) is 4.33.